The first-order valence-electron chi connectivity index (χ1n) is 0.548. The first-order valence-corrected chi connectivity index (χ1v) is 1.64. The van der Waals surface area contributed by atoms with Crippen molar-refractivity contribution in [2.24, 2.45) is 0 Å². The quantitative estimate of drug-likeness (QED) is 0.337. The Bertz CT molecular complexity index is 15.5. The Morgan fingerprint density at radius 3 is 1.00 bits per heavy atom. The number of rotatable bonds is 0. The van der Waals surface area contributed by atoms with Crippen molar-refractivity contribution in [1.82, 2.24) is 0 Å². The molecule has 0 rings (SSSR count). The van der Waals surface area contributed by atoms with E-state index in [1.807, 2.05) is 0 Å². The summed E-state index contributed by atoms with van der Waals surface area (Å²) in [6.45, 7) is 0. The average Bonchev–Trinajstić information content (AvgIpc) is 0.811. The van der Waals surface area contributed by atoms with Crippen molar-refractivity contribution in [1.29, 1.82) is 0 Å². The van der Waals surface area contributed by atoms with Gasteiger partial charge >= 0.3 is 19.8 Å². The number of hydrogen-bond donors (Lipinski definition) is 0. The van der Waals surface area contributed by atoms with Crippen LogP contribution in [0.2, 0.25) is 0 Å². The van der Waals surface area contributed by atoms with E-state index in [9.17, 15) is 0 Å². The van der Waals surface area contributed by atoms with E-state index in [2.05, 4.69) is 0 Å². The summed E-state index contributed by atoms with van der Waals surface area (Å²) >= 11 is 0. The predicted octanol–water partition coefficient (Wildman–Crippen LogP) is -3.47. The van der Waals surface area contributed by atoms with Gasteiger partial charge in [-0.1, -0.05) is 0 Å². The summed E-state index contributed by atoms with van der Waals surface area (Å²) in [5, 5.41) is 0. The minimum absolute atomic E-state index is 0. The Hall–Kier alpha value is 1.82. The normalized spacial score (nSPS) is 6.00. The van der Waals surface area contributed by atoms with Crippen molar-refractivity contribution in [3.05, 3.63) is 0 Å². The molecule has 0 aromatic heterocycles. The largest absolute Gasteiger partial charge is 3.00 e. The van der Waals surface area contributed by atoms with Gasteiger partial charge in [-0.2, -0.15) is 0 Å². The number of hydrogen-bond acceptors (Lipinski definition) is 3. The summed E-state index contributed by atoms with van der Waals surface area (Å²) in [5.74, 6) is 0. The molecular weight excluding hydrogens is 264 g/mol. The summed E-state index contributed by atoms with van der Waals surface area (Å²) in [4.78, 5) is 25.4. The zero-order valence-corrected chi connectivity index (χ0v) is 9.44. The van der Waals surface area contributed by atoms with Gasteiger partial charge in [0.25, 0.3) is 0 Å². The van der Waals surface area contributed by atoms with Gasteiger partial charge in [0.05, 0.1) is 0 Å². The van der Waals surface area contributed by atoms with Crippen molar-refractivity contribution in [2.75, 3.05) is 0 Å². The van der Waals surface area contributed by atoms with E-state index < -0.39 is 8.60 Å². The van der Waals surface area contributed by atoms with Gasteiger partial charge in [0.15, 0.2) is 0 Å². The van der Waals surface area contributed by atoms with Crippen molar-refractivity contribution in [3.63, 3.8) is 0 Å². The topological polar surface area (TPSA) is 69.2 Å². The second-order valence-corrected chi connectivity index (χ2v) is 0.671. The Labute approximate surface area is 68.6 Å². The molecule has 0 fully saturated rings. The van der Waals surface area contributed by atoms with Gasteiger partial charge in [0.2, 0.25) is 0 Å². The van der Waals surface area contributed by atoms with Gasteiger partial charge < -0.3 is 23.3 Å². The van der Waals surface area contributed by atoms with Gasteiger partial charge in [-0.25, -0.2) is 0 Å². The third-order valence-electron chi connectivity index (χ3n) is 0. The molecule has 3 nitrogen and oxygen atoms in total. The average molecular weight is 264 g/mol. The van der Waals surface area contributed by atoms with Crippen LogP contribution in [0.5, 0.6) is 0 Å². The van der Waals surface area contributed by atoms with Gasteiger partial charge in [-0.05, 0) is 0 Å². The standard InChI is InChI=1S/Ga.In.O3P/c;;1-4(2)3/q+3;;-3. The molecular formula is GaInO3P. The summed E-state index contributed by atoms with van der Waals surface area (Å²) in [7, 11) is -3.37. The van der Waals surface area contributed by atoms with Crippen molar-refractivity contribution in [2.45, 2.75) is 0 Å². The van der Waals surface area contributed by atoms with Gasteiger partial charge in [-0.3, -0.25) is 0 Å². The minimum Gasteiger partial charge on any atom is -0.854 e. The molecule has 3 radical (unpaired) electrons. The van der Waals surface area contributed by atoms with Crippen LogP contribution in [-0.2, 0) is 0 Å². The fraction of sp³-hybridized carbons (Fsp3) is 0. The smallest absolute Gasteiger partial charge is 0.854 e. The third-order valence-corrected chi connectivity index (χ3v) is 0. The molecule has 0 heterocycles. The maximum absolute atomic E-state index is 8.48. The van der Waals surface area contributed by atoms with Crippen LogP contribution in [0, 0.1) is 0 Å². The van der Waals surface area contributed by atoms with Gasteiger partial charge in [0, 0.05) is 25.8 Å². The van der Waals surface area contributed by atoms with E-state index in [1.165, 1.54) is 0 Å². The second-order valence-electron chi connectivity index (χ2n) is 0.224. The molecule has 6 heteroatoms. The Balaban J connectivity index is -0.0000000450. The maximum Gasteiger partial charge on any atom is 3.00 e. The minimum atomic E-state index is -3.37. The summed E-state index contributed by atoms with van der Waals surface area (Å²) < 4.78 is 0. The van der Waals surface area contributed by atoms with E-state index in [-0.39, 0.29) is 45.6 Å². The molecule has 0 aromatic carbocycles. The molecule has 0 N–H and O–H groups in total. The third kappa shape index (κ3) is 40.9. The van der Waals surface area contributed by atoms with Crippen LogP contribution in [0.15, 0.2) is 0 Å². The van der Waals surface area contributed by atoms with Gasteiger partial charge in [0.1, 0.15) is 0 Å². The molecule has 29 valence electrons. The molecule has 0 spiro atoms. The van der Waals surface area contributed by atoms with Crippen LogP contribution >= 0.6 is 8.60 Å². The van der Waals surface area contributed by atoms with Crippen LogP contribution in [-0.4, -0.2) is 45.6 Å². The fourth-order valence-electron chi connectivity index (χ4n) is 0. The van der Waals surface area contributed by atoms with Crippen molar-refractivity contribution >= 4 is 54.2 Å². The fourth-order valence-corrected chi connectivity index (χ4v) is 0. The first-order chi connectivity index (χ1) is 1.73. The van der Waals surface area contributed by atoms with E-state index in [1.54, 1.807) is 0 Å². The van der Waals surface area contributed by atoms with E-state index >= 15 is 0 Å². The van der Waals surface area contributed by atoms with E-state index in [0.717, 1.165) is 0 Å². The Morgan fingerprint density at radius 1 is 1.00 bits per heavy atom. The molecule has 0 atom stereocenters. The molecule has 0 aliphatic carbocycles. The second kappa shape index (κ2) is 9.94. The molecule has 0 unspecified atom stereocenters. The predicted molar refractivity (Wildman–Crippen MR) is 18.4 cm³/mol. The van der Waals surface area contributed by atoms with Crippen LogP contribution in [0.25, 0.3) is 0 Å². The maximum atomic E-state index is 8.48. The zero-order chi connectivity index (χ0) is 3.58. The first kappa shape index (κ1) is 15.7. The summed E-state index contributed by atoms with van der Waals surface area (Å²) in [5.41, 5.74) is 0. The SMILES string of the molecule is [Ga+3].[In].[O-]P([O-])[O-]. The monoisotopic (exact) mass is 263 g/mol. The Kier molecular flexibility index (Phi) is 25.9. The zero-order valence-electron chi connectivity index (χ0n) is 2.83. The molecule has 0 aliphatic rings. The van der Waals surface area contributed by atoms with Crippen LogP contribution < -0.4 is 14.7 Å². The van der Waals surface area contributed by atoms with E-state index in [4.69, 9.17) is 14.7 Å². The van der Waals surface area contributed by atoms with Crippen molar-refractivity contribution < 1.29 is 14.7 Å². The van der Waals surface area contributed by atoms with Crippen LogP contribution in [0.3, 0.4) is 0 Å². The van der Waals surface area contributed by atoms with Crippen molar-refractivity contribution in [3.8, 4) is 0 Å². The van der Waals surface area contributed by atoms with Gasteiger partial charge in [-0.15, -0.1) is 0 Å². The van der Waals surface area contributed by atoms with Crippen LogP contribution in [0.4, 0.5) is 0 Å². The molecule has 0 saturated carbocycles. The molecule has 0 saturated heterocycles. The summed E-state index contributed by atoms with van der Waals surface area (Å²) in [6.07, 6.45) is 0. The molecule has 6 heavy (non-hydrogen) atoms. The molecule has 0 bridgehead atoms. The molecule has 0 aromatic rings. The molecule has 0 amide bonds. The molecule has 0 aliphatic heterocycles. The Morgan fingerprint density at radius 2 is 1.00 bits per heavy atom. The van der Waals surface area contributed by atoms with E-state index in [0.29, 0.717) is 0 Å². The summed E-state index contributed by atoms with van der Waals surface area (Å²) in [6, 6.07) is 0. The van der Waals surface area contributed by atoms with Crippen LogP contribution in [0.1, 0.15) is 0 Å².